The third-order valence-electron chi connectivity index (χ3n) is 3.38. The van der Waals surface area contributed by atoms with E-state index in [0.29, 0.717) is 0 Å². The van der Waals surface area contributed by atoms with Crippen molar-refractivity contribution in [2.45, 2.75) is 0 Å². The minimum atomic E-state index is 0.761. The first-order valence-corrected chi connectivity index (χ1v) is 7.82. The number of ether oxygens (including phenoxy) is 2. The summed E-state index contributed by atoms with van der Waals surface area (Å²) in [5.74, 6) is 1.53. The molecule has 3 rings (SSSR count). The Bertz CT molecular complexity index is 821. The molecule has 1 aromatic heterocycles. The van der Waals surface area contributed by atoms with Gasteiger partial charge < -0.3 is 14.8 Å². The van der Waals surface area contributed by atoms with Gasteiger partial charge in [-0.25, -0.2) is 0 Å². The standard InChI is InChI=1S/C17H15IN2O2/c1-21-12-4-6-17(22-2)16(10-12)20-15-7-8-19-14-5-3-11(18)9-13(14)15/h3-10H,1-2H3,(H,19,20). The number of fused-ring (bicyclic) bond motifs is 1. The number of halogens is 1. The molecule has 22 heavy (non-hydrogen) atoms. The van der Waals surface area contributed by atoms with Crippen molar-refractivity contribution in [1.29, 1.82) is 0 Å². The summed E-state index contributed by atoms with van der Waals surface area (Å²) >= 11 is 2.30. The number of benzene rings is 2. The molecule has 4 nitrogen and oxygen atoms in total. The van der Waals surface area contributed by atoms with E-state index in [2.05, 4.69) is 39.0 Å². The second-order valence-electron chi connectivity index (χ2n) is 4.71. The van der Waals surface area contributed by atoms with Gasteiger partial charge >= 0.3 is 0 Å². The molecule has 0 aliphatic rings. The van der Waals surface area contributed by atoms with Gasteiger partial charge in [0.2, 0.25) is 0 Å². The Kier molecular flexibility index (Phi) is 4.33. The van der Waals surface area contributed by atoms with Gasteiger partial charge in [-0.15, -0.1) is 0 Å². The number of nitrogens with zero attached hydrogens (tertiary/aromatic N) is 1. The summed E-state index contributed by atoms with van der Waals surface area (Å²) in [7, 11) is 3.30. The lowest BCUT2D eigenvalue weighted by Gasteiger charge is -2.14. The van der Waals surface area contributed by atoms with Crippen LogP contribution in [0.15, 0.2) is 48.7 Å². The molecular formula is C17H15IN2O2. The quantitative estimate of drug-likeness (QED) is 0.644. The van der Waals surface area contributed by atoms with Crippen LogP contribution in [0.25, 0.3) is 10.9 Å². The Labute approximate surface area is 142 Å². The van der Waals surface area contributed by atoms with E-state index in [1.165, 1.54) is 3.57 Å². The van der Waals surface area contributed by atoms with E-state index < -0.39 is 0 Å². The molecule has 0 unspecified atom stereocenters. The zero-order valence-corrected chi connectivity index (χ0v) is 14.4. The van der Waals surface area contributed by atoms with Crippen molar-refractivity contribution in [3.8, 4) is 11.5 Å². The van der Waals surface area contributed by atoms with Gasteiger partial charge in [-0.2, -0.15) is 0 Å². The monoisotopic (exact) mass is 406 g/mol. The van der Waals surface area contributed by atoms with Crippen molar-refractivity contribution in [3.05, 3.63) is 52.2 Å². The molecule has 0 aliphatic carbocycles. The zero-order valence-electron chi connectivity index (χ0n) is 12.3. The maximum absolute atomic E-state index is 5.42. The smallest absolute Gasteiger partial charge is 0.142 e. The lowest BCUT2D eigenvalue weighted by atomic mass is 10.1. The highest BCUT2D eigenvalue weighted by atomic mass is 127. The first kappa shape index (κ1) is 14.9. The van der Waals surface area contributed by atoms with Crippen molar-refractivity contribution < 1.29 is 9.47 Å². The third kappa shape index (κ3) is 2.94. The molecule has 5 heteroatoms. The molecule has 0 aliphatic heterocycles. The minimum Gasteiger partial charge on any atom is -0.497 e. The Balaban J connectivity index is 2.08. The largest absolute Gasteiger partial charge is 0.497 e. The normalized spacial score (nSPS) is 10.5. The average molecular weight is 406 g/mol. The van der Waals surface area contributed by atoms with E-state index in [0.717, 1.165) is 33.8 Å². The molecule has 1 N–H and O–H groups in total. The van der Waals surface area contributed by atoms with Gasteiger partial charge in [0, 0.05) is 26.9 Å². The van der Waals surface area contributed by atoms with E-state index in [-0.39, 0.29) is 0 Å². The van der Waals surface area contributed by atoms with Crippen molar-refractivity contribution in [2.24, 2.45) is 0 Å². The number of hydrogen-bond donors (Lipinski definition) is 1. The van der Waals surface area contributed by atoms with Crippen molar-refractivity contribution in [1.82, 2.24) is 4.98 Å². The van der Waals surface area contributed by atoms with Crippen LogP contribution < -0.4 is 14.8 Å². The number of nitrogens with one attached hydrogen (secondary N) is 1. The van der Waals surface area contributed by atoms with Gasteiger partial charge in [-0.3, -0.25) is 4.98 Å². The number of aromatic nitrogens is 1. The summed E-state index contributed by atoms with van der Waals surface area (Å²) in [6.45, 7) is 0. The number of pyridine rings is 1. The fourth-order valence-electron chi connectivity index (χ4n) is 2.28. The summed E-state index contributed by atoms with van der Waals surface area (Å²) in [4.78, 5) is 4.40. The van der Waals surface area contributed by atoms with Crippen LogP contribution in [-0.4, -0.2) is 19.2 Å². The average Bonchev–Trinajstić information content (AvgIpc) is 2.55. The Morgan fingerprint density at radius 3 is 2.59 bits per heavy atom. The second-order valence-corrected chi connectivity index (χ2v) is 5.96. The fourth-order valence-corrected chi connectivity index (χ4v) is 2.78. The first-order chi connectivity index (χ1) is 10.7. The number of rotatable bonds is 4. The number of hydrogen-bond acceptors (Lipinski definition) is 4. The third-order valence-corrected chi connectivity index (χ3v) is 4.05. The van der Waals surface area contributed by atoms with Crippen LogP contribution in [0.5, 0.6) is 11.5 Å². The Morgan fingerprint density at radius 2 is 1.82 bits per heavy atom. The predicted octanol–water partition coefficient (Wildman–Crippen LogP) is 4.60. The molecule has 0 spiro atoms. The first-order valence-electron chi connectivity index (χ1n) is 6.74. The molecule has 0 saturated heterocycles. The summed E-state index contributed by atoms with van der Waals surface area (Å²) in [6, 6.07) is 13.8. The van der Waals surface area contributed by atoms with E-state index >= 15 is 0 Å². The highest BCUT2D eigenvalue weighted by molar-refractivity contribution is 14.1. The van der Waals surface area contributed by atoms with Gasteiger partial charge in [0.05, 0.1) is 25.4 Å². The van der Waals surface area contributed by atoms with E-state index in [1.54, 1.807) is 20.4 Å². The van der Waals surface area contributed by atoms with Gasteiger partial charge in [0.15, 0.2) is 0 Å². The molecule has 2 aromatic carbocycles. The van der Waals surface area contributed by atoms with Crippen LogP contribution in [0.2, 0.25) is 0 Å². The highest BCUT2D eigenvalue weighted by Crippen LogP contribution is 2.33. The molecule has 0 amide bonds. The molecule has 1 heterocycles. The topological polar surface area (TPSA) is 43.4 Å². The van der Waals surface area contributed by atoms with Crippen molar-refractivity contribution in [3.63, 3.8) is 0 Å². The van der Waals surface area contributed by atoms with Gasteiger partial charge in [0.1, 0.15) is 11.5 Å². The van der Waals surface area contributed by atoms with Gasteiger partial charge in [-0.05, 0) is 59.0 Å². The molecule has 112 valence electrons. The molecule has 0 bridgehead atoms. The maximum Gasteiger partial charge on any atom is 0.142 e. The van der Waals surface area contributed by atoms with Crippen LogP contribution in [0.1, 0.15) is 0 Å². The predicted molar refractivity (Wildman–Crippen MR) is 97.3 cm³/mol. The maximum atomic E-state index is 5.42. The van der Waals surface area contributed by atoms with Crippen molar-refractivity contribution in [2.75, 3.05) is 19.5 Å². The molecule has 0 radical (unpaired) electrons. The van der Waals surface area contributed by atoms with Gasteiger partial charge in [0.25, 0.3) is 0 Å². The van der Waals surface area contributed by atoms with E-state index in [4.69, 9.17) is 9.47 Å². The van der Waals surface area contributed by atoms with E-state index in [9.17, 15) is 0 Å². The summed E-state index contributed by atoms with van der Waals surface area (Å²) in [5, 5.41) is 4.49. The van der Waals surface area contributed by atoms with Crippen LogP contribution >= 0.6 is 22.6 Å². The zero-order chi connectivity index (χ0) is 15.5. The fraction of sp³-hybridized carbons (Fsp3) is 0.118. The van der Waals surface area contributed by atoms with Gasteiger partial charge in [-0.1, -0.05) is 0 Å². The van der Waals surface area contributed by atoms with Crippen LogP contribution in [0.3, 0.4) is 0 Å². The molecule has 0 fully saturated rings. The Hall–Kier alpha value is -2.02. The lowest BCUT2D eigenvalue weighted by molar-refractivity contribution is 0.405. The molecular weight excluding hydrogens is 391 g/mol. The number of anilines is 2. The van der Waals surface area contributed by atoms with Crippen LogP contribution in [-0.2, 0) is 0 Å². The summed E-state index contributed by atoms with van der Waals surface area (Å²) in [5.41, 5.74) is 2.79. The van der Waals surface area contributed by atoms with Crippen LogP contribution in [0, 0.1) is 3.57 Å². The van der Waals surface area contributed by atoms with Crippen LogP contribution in [0.4, 0.5) is 11.4 Å². The SMILES string of the molecule is COc1ccc(OC)c(Nc2ccnc3ccc(I)cc23)c1. The second kappa shape index (κ2) is 6.39. The minimum absolute atomic E-state index is 0.761. The highest BCUT2D eigenvalue weighted by Gasteiger charge is 2.08. The summed E-state index contributed by atoms with van der Waals surface area (Å²) < 4.78 is 11.9. The molecule has 0 saturated carbocycles. The number of methoxy groups -OCH3 is 2. The molecule has 0 atom stereocenters. The lowest BCUT2D eigenvalue weighted by Crippen LogP contribution is -1.97. The Morgan fingerprint density at radius 1 is 0.955 bits per heavy atom. The molecule has 3 aromatic rings. The van der Waals surface area contributed by atoms with E-state index in [1.807, 2.05) is 36.4 Å². The van der Waals surface area contributed by atoms with Crippen molar-refractivity contribution >= 4 is 44.9 Å². The summed E-state index contributed by atoms with van der Waals surface area (Å²) in [6.07, 6.45) is 1.80.